The maximum atomic E-state index is 11.4. The van der Waals surface area contributed by atoms with Crippen molar-refractivity contribution in [2.45, 2.75) is 26.3 Å². The minimum Gasteiger partial charge on any atom is -0.465 e. The summed E-state index contributed by atoms with van der Waals surface area (Å²) in [6.45, 7) is 5.58. The van der Waals surface area contributed by atoms with Crippen LogP contribution in [-0.2, 0) is 0 Å². The smallest absolute Gasteiger partial charge is 0.412 e. The van der Waals surface area contributed by atoms with Crippen LogP contribution in [0.25, 0.3) is 11.1 Å². The molecular weight excluding hydrogens is 288 g/mol. The zero-order valence-corrected chi connectivity index (χ0v) is 12.9. The fourth-order valence-corrected chi connectivity index (χ4v) is 2.34. The van der Waals surface area contributed by atoms with E-state index in [1.165, 1.54) is 4.90 Å². The van der Waals surface area contributed by atoms with Gasteiger partial charge in [0.25, 0.3) is 0 Å². The Bertz CT molecular complexity index is 648. The quantitative estimate of drug-likeness (QED) is 0.819. The average Bonchev–Trinajstić information content (AvgIpc) is 2.37. The fraction of sp³-hybridized carbons (Fsp3) is 0.250. The summed E-state index contributed by atoms with van der Waals surface area (Å²) in [5.74, 6) is 0. The Morgan fingerprint density at radius 1 is 1.14 bits per heavy atom. The molecule has 0 bridgehead atoms. The van der Waals surface area contributed by atoms with Crippen LogP contribution in [0, 0.1) is 0 Å². The van der Waals surface area contributed by atoms with Gasteiger partial charge in [-0.15, -0.1) is 0 Å². The van der Waals surface area contributed by atoms with Gasteiger partial charge in [0.15, 0.2) is 0 Å². The van der Waals surface area contributed by atoms with Crippen LogP contribution in [0.3, 0.4) is 0 Å². The average molecular weight is 305 g/mol. The van der Waals surface area contributed by atoms with Crippen molar-refractivity contribution < 1.29 is 9.90 Å². The summed E-state index contributed by atoms with van der Waals surface area (Å²) in [4.78, 5) is 16.7. The van der Waals surface area contributed by atoms with Crippen molar-refractivity contribution in [2.75, 3.05) is 4.90 Å². The number of halogens is 1. The van der Waals surface area contributed by atoms with Gasteiger partial charge >= 0.3 is 6.09 Å². The molecule has 0 radical (unpaired) electrons. The molecular formula is C16H17ClN2O2. The van der Waals surface area contributed by atoms with Crippen molar-refractivity contribution in [1.29, 1.82) is 0 Å². The molecule has 0 spiro atoms. The first-order valence-corrected chi connectivity index (χ1v) is 6.92. The summed E-state index contributed by atoms with van der Waals surface area (Å²) in [6.07, 6.45) is 0.673. The van der Waals surface area contributed by atoms with Crippen LogP contribution in [0.4, 0.5) is 10.5 Å². The molecule has 1 aromatic heterocycles. The lowest BCUT2D eigenvalue weighted by Crippen LogP contribution is -2.45. The van der Waals surface area contributed by atoms with E-state index >= 15 is 0 Å². The molecule has 0 aliphatic carbocycles. The molecule has 5 heteroatoms. The van der Waals surface area contributed by atoms with Gasteiger partial charge in [-0.3, -0.25) is 4.90 Å². The van der Waals surface area contributed by atoms with Crippen LogP contribution >= 0.6 is 11.6 Å². The largest absolute Gasteiger partial charge is 0.465 e. The lowest BCUT2D eigenvalue weighted by atomic mass is 10.0. The fourth-order valence-electron chi connectivity index (χ4n) is 2.17. The summed E-state index contributed by atoms with van der Waals surface area (Å²) in [6, 6.07) is 11.0. The summed E-state index contributed by atoms with van der Waals surface area (Å²) in [5.41, 5.74) is 2.04. The van der Waals surface area contributed by atoms with Crippen molar-refractivity contribution in [1.82, 2.24) is 4.98 Å². The van der Waals surface area contributed by atoms with E-state index in [2.05, 4.69) is 4.98 Å². The molecule has 0 aliphatic heterocycles. The normalized spacial score (nSPS) is 11.2. The predicted octanol–water partition coefficient (Wildman–Crippen LogP) is 4.68. The third kappa shape index (κ3) is 3.52. The second-order valence-electron chi connectivity index (χ2n) is 5.70. The van der Waals surface area contributed by atoms with Gasteiger partial charge in [0, 0.05) is 17.4 Å². The third-order valence-electron chi connectivity index (χ3n) is 3.05. The molecule has 4 nitrogen and oxygen atoms in total. The molecule has 21 heavy (non-hydrogen) atoms. The number of rotatable bonds is 2. The van der Waals surface area contributed by atoms with Gasteiger partial charge in [-0.05, 0) is 56.2 Å². The van der Waals surface area contributed by atoms with Crippen molar-refractivity contribution in [3.8, 4) is 11.1 Å². The first-order chi connectivity index (χ1) is 9.79. The Hall–Kier alpha value is -2.07. The van der Waals surface area contributed by atoms with E-state index in [4.69, 9.17) is 11.6 Å². The summed E-state index contributed by atoms with van der Waals surface area (Å²) >= 11 is 5.88. The predicted molar refractivity (Wildman–Crippen MR) is 84.9 cm³/mol. The highest BCUT2D eigenvalue weighted by molar-refractivity contribution is 6.29. The lowest BCUT2D eigenvalue weighted by Gasteiger charge is -2.33. The first kappa shape index (κ1) is 15.3. The van der Waals surface area contributed by atoms with E-state index < -0.39 is 11.6 Å². The minimum atomic E-state index is -0.970. The zero-order chi connectivity index (χ0) is 15.6. The zero-order valence-electron chi connectivity index (χ0n) is 12.2. The van der Waals surface area contributed by atoms with E-state index in [1.54, 1.807) is 24.4 Å². The van der Waals surface area contributed by atoms with E-state index in [9.17, 15) is 9.90 Å². The van der Waals surface area contributed by atoms with Crippen molar-refractivity contribution in [3.63, 3.8) is 0 Å². The highest BCUT2D eigenvalue weighted by Crippen LogP contribution is 2.28. The minimum absolute atomic E-state index is 0.429. The molecule has 110 valence electrons. The summed E-state index contributed by atoms with van der Waals surface area (Å²) in [5, 5.41) is 9.81. The second-order valence-corrected chi connectivity index (χ2v) is 6.09. The first-order valence-electron chi connectivity index (χ1n) is 6.54. The van der Waals surface area contributed by atoms with Gasteiger partial charge in [-0.1, -0.05) is 23.7 Å². The molecule has 0 saturated carbocycles. The number of nitrogens with zero attached hydrogens (tertiary/aromatic N) is 2. The number of carboxylic acid groups (broad SMARTS) is 1. The Morgan fingerprint density at radius 2 is 1.76 bits per heavy atom. The molecule has 1 heterocycles. The van der Waals surface area contributed by atoms with Gasteiger partial charge < -0.3 is 5.11 Å². The number of amides is 1. The van der Waals surface area contributed by atoms with Gasteiger partial charge in [-0.2, -0.15) is 0 Å². The molecule has 2 aromatic rings. The Morgan fingerprint density at radius 3 is 2.24 bits per heavy atom. The molecule has 1 N–H and O–H groups in total. The molecule has 1 amide bonds. The van der Waals surface area contributed by atoms with Crippen LogP contribution in [-0.4, -0.2) is 21.7 Å². The molecule has 0 aliphatic rings. The highest BCUT2D eigenvalue weighted by Gasteiger charge is 2.27. The van der Waals surface area contributed by atoms with E-state index in [-0.39, 0.29) is 0 Å². The van der Waals surface area contributed by atoms with Gasteiger partial charge in [0.2, 0.25) is 0 Å². The van der Waals surface area contributed by atoms with Crippen molar-refractivity contribution in [3.05, 3.63) is 47.7 Å². The van der Waals surface area contributed by atoms with Crippen LogP contribution in [0.15, 0.2) is 42.6 Å². The van der Waals surface area contributed by atoms with E-state index in [0.29, 0.717) is 10.8 Å². The Kier molecular flexibility index (Phi) is 4.19. The molecule has 2 rings (SSSR count). The maximum absolute atomic E-state index is 11.4. The van der Waals surface area contributed by atoms with Crippen molar-refractivity contribution >= 4 is 23.4 Å². The Labute approximate surface area is 129 Å². The summed E-state index contributed by atoms with van der Waals surface area (Å²) < 4.78 is 0. The number of anilines is 1. The van der Waals surface area contributed by atoms with Gasteiger partial charge in [0.1, 0.15) is 5.15 Å². The molecule has 0 unspecified atom stereocenters. The van der Waals surface area contributed by atoms with Crippen molar-refractivity contribution in [2.24, 2.45) is 0 Å². The van der Waals surface area contributed by atoms with Crippen LogP contribution in [0.2, 0.25) is 5.15 Å². The molecule has 0 fully saturated rings. The van der Waals surface area contributed by atoms with Crippen LogP contribution < -0.4 is 4.90 Å². The topological polar surface area (TPSA) is 53.4 Å². The maximum Gasteiger partial charge on any atom is 0.412 e. The van der Waals surface area contributed by atoms with Crippen LogP contribution in [0.1, 0.15) is 20.8 Å². The SMILES string of the molecule is CC(C)(C)N(C(=O)O)c1ccc(-c2ccnc(Cl)c2)cc1. The summed E-state index contributed by atoms with van der Waals surface area (Å²) in [7, 11) is 0. The number of aromatic nitrogens is 1. The van der Waals surface area contributed by atoms with E-state index in [0.717, 1.165) is 11.1 Å². The third-order valence-corrected chi connectivity index (χ3v) is 3.25. The lowest BCUT2D eigenvalue weighted by molar-refractivity contribution is 0.195. The standard InChI is InChI=1S/C16H17ClN2O2/c1-16(2,3)19(15(20)21)13-6-4-11(5-7-13)12-8-9-18-14(17)10-12/h4-10H,1-3H3,(H,20,21). The number of hydrogen-bond donors (Lipinski definition) is 1. The number of carbonyl (C=O) groups is 1. The second kappa shape index (κ2) is 5.74. The molecule has 0 atom stereocenters. The number of benzene rings is 1. The van der Waals surface area contributed by atoms with Gasteiger partial charge in [-0.25, -0.2) is 9.78 Å². The highest BCUT2D eigenvalue weighted by atomic mass is 35.5. The van der Waals surface area contributed by atoms with Crippen LogP contribution in [0.5, 0.6) is 0 Å². The Balaban J connectivity index is 2.36. The van der Waals surface area contributed by atoms with E-state index in [1.807, 2.05) is 39.0 Å². The monoisotopic (exact) mass is 304 g/mol. The number of pyridine rings is 1. The molecule has 1 aromatic carbocycles. The molecule has 0 saturated heterocycles. The van der Waals surface area contributed by atoms with Gasteiger partial charge in [0.05, 0.1) is 0 Å². The number of hydrogen-bond acceptors (Lipinski definition) is 2.